The summed E-state index contributed by atoms with van der Waals surface area (Å²) < 4.78 is 15.0. The maximum absolute atomic E-state index is 13.3. The van der Waals surface area contributed by atoms with Crippen LogP contribution >= 0.6 is 11.8 Å². The zero-order chi connectivity index (χ0) is 18.8. The number of carbonyl (C=O) groups excluding carboxylic acids is 1. The van der Waals surface area contributed by atoms with E-state index in [2.05, 4.69) is 15.1 Å². The first-order valence-electron chi connectivity index (χ1n) is 8.20. The average Bonchev–Trinajstić information content (AvgIpc) is 2.96. The number of amides is 1. The van der Waals surface area contributed by atoms with Crippen LogP contribution in [0.2, 0.25) is 0 Å². The van der Waals surface area contributed by atoms with Crippen LogP contribution in [0.1, 0.15) is 23.9 Å². The Morgan fingerprint density at radius 1 is 1.31 bits per heavy atom. The molecule has 0 saturated heterocycles. The molecule has 1 amide bonds. The van der Waals surface area contributed by atoms with E-state index >= 15 is 0 Å². The summed E-state index contributed by atoms with van der Waals surface area (Å²) in [6.45, 7) is 6.00. The van der Waals surface area contributed by atoms with Crippen LogP contribution in [0.4, 0.5) is 4.39 Å². The third-order valence-electron chi connectivity index (χ3n) is 3.91. The molecule has 3 aromatic rings. The number of hydrogen-bond donors (Lipinski definition) is 0. The van der Waals surface area contributed by atoms with Crippen molar-refractivity contribution < 1.29 is 9.18 Å². The molecular weight excluding hydrogens is 353 g/mol. The Kier molecular flexibility index (Phi) is 5.22. The molecule has 6 nitrogen and oxygen atoms in total. The quantitative estimate of drug-likeness (QED) is 0.643. The number of benzene rings is 1. The maximum atomic E-state index is 13.3. The normalized spacial score (nSPS) is 12.3. The van der Waals surface area contributed by atoms with Gasteiger partial charge in [0.2, 0.25) is 11.1 Å². The van der Waals surface area contributed by atoms with E-state index in [0.717, 1.165) is 17.0 Å². The van der Waals surface area contributed by atoms with Crippen molar-refractivity contribution in [2.75, 3.05) is 7.05 Å². The molecule has 0 fully saturated rings. The monoisotopic (exact) mass is 373 g/mol. The van der Waals surface area contributed by atoms with E-state index in [9.17, 15) is 9.18 Å². The van der Waals surface area contributed by atoms with Crippen LogP contribution in [0.3, 0.4) is 0 Å². The van der Waals surface area contributed by atoms with Gasteiger partial charge in [0.25, 0.3) is 5.78 Å². The highest BCUT2D eigenvalue weighted by Crippen LogP contribution is 2.22. The number of aryl methyl sites for hydroxylation is 2. The maximum Gasteiger partial charge on any atom is 0.253 e. The molecule has 1 aromatic carbocycles. The standard InChI is InChI=1S/C18H20FN5OS/c1-11-8-12(2)24-17(20-11)21-18(22-24)26-13(3)16(25)23(4)10-14-6-5-7-15(19)9-14/h5-9,13H,10H2,1-4H3/t13-/m0/s1. The van der Waals surface area contributed by atoms with Crippen molar-refractivity contribution in [3.63, 3.8) is 0 Å². The number of halogens is 1. The van der Waals surface area contributed by atoms with Gasteiger partial charge in [-0.3, -0.25) is 4.79 Å². The molecule has 3 rings (SSSR count). The van der Waals surface area contributed by atoms with E-state index in [1.807, 2.05) is 26.8 Å². The zero-order valence-corrected chi connectivity index (χ0v) is 15.9. The lowest BCUT2D eigenvalue weighted by atomic mass is 10.2. The van der Waals surface area contributed by atoms with E-state index in [0.29, 0.717) is 17.5 Å². The van der Waals surface area contributed by atoms with Crippen LogP contribution in [0.5, 0.6) is 0 Å². The zero-order valence-electron chi connectivity index (χ0n) is 15.1. The summed E-state index contributed by atoms with van der Waals surface area (Å²) in [6.07, 6.45) is 0. The summed E-state index contributed by atoms with van der Waals surface area (Å²) in [5.41, 5.74) is 2.56. The van der Waals surface area contributed by atoms with Crippen molar-refractivity contribution in [3.8, 4) is 0 Å². The van der Waals surface area contributed by atoms with E-state index in [1.165, 1.54) is 23.9 Å². The van der Waals surface area contributed by atoms with Crippen LogP contribution in [-0.4, -0.2) is 42.7 Å². The van der Waals surface area contributed by atoms with Crippen LogP contribution in [0.25, 0.3) is 5.78 Å². The Morgan fingerprint density at radius 2 is 2.08 bits per heavy atom. The predicted molar refractivity (Wildman–Crippen MR) is 98.4 cm³/mol. The van der Waals surface area contributed by atoms with Crippen molar-refractivity contribution in [2.24, 2.45) is 0 Å². The van der Waals surface area contributed by atoms with Gasteiger partial charge in [-0.2, -0.15) is 4.98 Å². The molecule has 0 unspecified atom stereocenters. The number of hydrogen-bond acceptors (Lipinski definition) is 5. The van der Waals surface area contributed by atoms with Crippen molar-refractivity contribution in [2.45, 2.75) is 37.7 Å². The molecule has 0 radical (unpaired) electrons. The van der Waals surface area contributed by atoms with Gasteiger partial charge in [0.05, 0.1) is 5.25 Å². The second kappa shape index (κ2) is 7.41. The van der Waals surface area contributed by atoms with Gasteiger partial charge in [0.15, 0.2) is 0 Å². The number of nitrogens with zero attached hydrogens (tertiary/aromatic N) is 5. The van der Waals surface area contributed by atoms with Gasteiger partial charge < -0.3 is 4.90 Å². The van der Waals surface area contributed by atoms with Crippen molar-refractivity contribution in [3.05, 3.63) is 53.1 Å². The Bertz CT molecular complexity index is 958. The Hall–Kier alpha value is -2.48. The fourth-order valence-electron chi connectivity index (χ4n) is 2.70. The first kappa shape index (κ1) is 18.3. The van der Waals surface area contributed by atoms with Crippen molar-refractivity contribution >= 4 is 23.4 Å². The smallest absolute Gasteiger partial charge is 0.253 e. The molecule has 0 bridgehead atoms. The minimum absolute atomic E-state index is 0.0704. The molecule has 8 heteroatoms. The van der Waals surface area contributed by atoms with Crippen molar-refractivity contribution in [1.82, 2.24) is 24.5 Å². The highest BCUT2D eigenvalue weighted by Gasteiger charge is 2.21. The van der Waals surface area contributed by atoms with Gasteiger partial charge in [-0.1, -0.05) is 23.9 Å². The van der Waals surface area contributed by atoms with Crippen LogP contribution < -0.4 is 0 Å². The largest absolute Gasteiger partial charge is 0.340 e. The second-order valence-electron chi connectivity index (χ2n) is 6.23. The van der Waals surface area contributed by atoms with Crippen LogP contribution in [-0.2, 0) is 11.3 Å². The molecule has 136 valence electrons. The summed E-state index contributed by atoms with van der Waals surface area (Å²) in [4.78, 5) is 22.9. The van der Waals surface area contributed by atoms with E-state index < -0.39 is 0 Å². The summed E-state index contributed by atoms with van der Waals surface area (Å²) in [7, 11) is 1.70. The number of thioether (sulfide) groups is 1. The number of rotatable bonds is 5. The lowest BCUT2D eigenvalue weighted by Gasteiger charge is -2.20. The molecule has 0 aliphatic rings. The van der Waals surface area contributed by atoms with E-state index in [4.69, 9.17) is 0 Å². The Morgan fingerprint density at radius 3 is 2.81 bits per heavy atom. The fourth-order valence-corrected chi connectivity index (χ4v) is 3.56. The first-order chi connectivity index (χ1) is 12.3. The van der Waals surface area contributed by atoms with Crippen LogP contribution in [0.15, 0.2) is 35.5 Å². The molecule has 0 N–H and O–H groups in total. The third kappa shape index (κ3) is 4.01. The minimum Gasteiger partial charge on any atom is -0.340 e. The summed E-state index contributed by atoms with van der Waals surface area (Å²) >= 11 is 1.29. The number of carbonyl (C=O) groups is 1. The molecule has 1 atom stereocenters. The minimum atomic E-state index is -0.368. The Balaban J connectivity index is 1.69. The topological polar surface area (TPSA) is 63.4 Å². The SMILES string of the molecule is Cc1cc(C)n2nc(S[C@@H](C)C(=O)N(C)Cc3cccc(F)c3)nc2n1. The van der Waals surface area contributed by atoms with Gasteiger partial charge in [-0.15, -0.1) is 5.10 Å². The van der Waals surface area contributed by atoms with Gasteiger partial charge in [-0.05, 0) is 44.5 Å². The van der Waals surface area contributed by atoms with Crippen molar-refractivity contribution in [1.29, 1.82) is 0 Å². The molecule has 0 spiro atoms. The third-order valence-corrected chi connectivity index (χ3v) is 4.85. The highest BCUT2D eigenvalue weighted by molar-refractivity contribution is 8.00. The summed E-state index contributed by atoms with van der Waals surface area (Å²) in [5, 5.41) is 4.55. The summed E-state index contributed by atoms with van der Waals surface area (Å²) in [6, 6.07) is 8.18. The number of aromatic nitrogens is 4. The molecule has 0 saturated carbocycles. The van der Waals surface area contributed by atoms with Gasteiger partial charge in [0.1, 0.15) is 5.82 Å². The van der Waals surface area contributed by atoms with E-state index in [1.54, 1.807) is 28.6 Å². The van der Waals surface area contributed by atoms with E-state index in [-0.39, 0.29) is 17.0 Å². The van der Waals surface area contributed by atoms with Gasteiger partial charge >= 0.3 is 0 Å². The van der Waals surface area contributed by atoms with Gasteiger partial charge in [-0.25, -0.2) is 13.9 Å². The lowest BCUT2D eigenvalue weighted by molar-refractivity contribution is -0.129. The number of fused-ring (bicyclic) bond motifs is 1. The van der Waals surface area contributed by atoms with Gasteiger partial charge in [0, 0.05) is 25.0 Å². The molecule has 26 heavy (non-hydrogen) atoms. The molecule has 2 aromatic heterocycles. The average molecular weight is 373 g/mol. The fraction of sp³-hybridized carbons (Fsp3) is 0.333. The lowest BCUT2D eigenvalue weighted by Crippen LogP contribution is -2.32. The molecule has 0 aliphatic heterocycles. The highest BCUT2D eigenvalue weighted by atomic mass is 32.2. The second-order valence-corrected chi connectivity index (χ2v) is 7.54. The molecule has 2 heterocycles. The molecule has 0 aliphatic carbocycles. The predicted octanol–water partition coefficient (Wildman–Crippen LogP) is 3.02. The summed E-state index contributed by atoms with van der Waals surface area (Å²) in [5.74, 6) is 0.148. The Labute approximate surface area is 155 Å². The van der Waals surface area contributed by atoms with Crippen LogP contribution in [0, 0.1) is 19.7 Å². The molecular formula is C18H20FN5OS. The first-order valence-corrected chi connectivity index (χ1v) is 9.08.